The van der Waals surface area contributed by atoms with E-state index in [4.69, 9.17) is 9.47 Å². The van der Waals surface area contributed by atoms with Gasteiger partial charge in [0.15, 0.2) is 5.13 Å². The zero-order chi connectivity index (χ0) is 32.7. The number of nitrogens with zero attached hydrogens (tertiary/aromatic N) is 3. The number of phenolic OH excluding ortho intramolecular Hbond substituents is 1. The summed E-state index contributed by atoms with van der Waals surface area (Å²) in [5.74, 6) is -1.60. The molecule has 3 N–H and O–H groups in total. The largest absolute Gasteiger partial charge is 0.508 e. The van der Waals surface area contributed by atoms with Crippen LogP contribution >= 0.6 is 27.3 Å². The van der Waals surface area contributed by atoms with E-state index in [-0.39, 0.29) is 35.6 Å². The Kier molecular flexibility index (Phi) is 10.8. The highest BCUT2D eigenvalue weighted by atomic mass is 79.9. The number of anilines is 1. The Morgan fingerprint density at radius 2 is 1.80 bits per heavy atom. The van der Waals surface area contributed by atoms with Gasteiger partial charge in [-0.05, 0) is 78.7 Å². The Balaban J connectivity index is 1.39. The zero-order valence-electron chi connectivity index (χ0n) is 25.3. The fraction of sp³-hybridized carbons (Fsp3) is 0.323. The van der Waals surface area contributed by atoms with Gasteiger partial charge in [-0.1, -0.05) is 23.5 Å². The molecule has 1 aromatic heterocycles. The Morgan fingerprint density at radius 1 is 1.07 bits per heavy atom. The fourth-order valence-corrected chi connectivity index (χ4v) is 5.74. The number of aromatic hydroxyl groups is 1. The number of hydrogen-bond donors (Lipinski definition) is 3. The first kappa shape index (κ1) is 33.5. The molecular formula is C31H34BrN5O7S. The molecule has 0 spiro atoms. The van der Waals surface area contributed by atoms with Crippen LogP contribution in [-0.4, -0.2) is 77.8 Å². The molecule has 0 unspecified atom stereocenters. The van der Waals surface area contributed by atoms with E-state index in [1.165, 1.54) is 42.7 Å². The van der Waals surface area contributed by atoms with Crippen LogP contribution in [0.3, 0.4) is 0 Å². The van der Waals surface area contributed by atoms with Crippen LogP contribution < -0.4 is 15.5 Å². The van der Waals surface area contributed by atoms with E-state index in [1.54, 1.807) is 35.4 Å². The highest BCUT2D eigenvalue weighted by Crippen LogP contribution is 2.26. The van der Waals surface area contributed by atoms with E-state index in [0.29, 0.717) is 46.2 Å². The number of benzene rings is 2. The molecule has 4 rings (SSSR count). The zero-order valence-corrected chi connectivity index (χ0v) is 27.7. The minimum Gasteiger partial charge on any atom is -0.508 e. The van der Waals surface area contributed by atoms with E-state index in [0.717, 1.165) is 5.56 Å². The van der Waals surface area contributed by atoms with E-state index in [1.807, 2.05) is 25.7 Å². The number of carbonyl (C=O) groups is 4. The number of esters is 1. The molecule has 14 heteroatoms. The first-order chi connectivity index (χ1) is 21.3. The van der Waals surface area contributed by atoms with Gasteiger partial charge in [0.1, 0.15) is 17.0 Å². The van der Waals surface area contributed by atoms with E-state index < -0.39 is 17.5 Å². The summed E-state index contributed by atoms with van der Waals surface area (Å²) in [7, 11) is 1.21. The molecule has 0 radical (unpaired) electrons. The van der Waals surface area contributed by atoms with Crippen molar-refractivity contribution in [2.75, 3.05) is 38.2 Å². The summed E-state index contributed by atoms with van der Waals surface area (Å²) in [5, 5.41) is 15.7. The predicted molar refractivity (Wildman–Crippen MR) is 173 cm³/mol. The second kappa shape index (κ2) is 14.6. The van der Waals surface area contributed by atoms with Crippen LogP contribution in [0.25, 0.3) is 6.08 Å². The number of nitrogens with one attached hydrogen (secondary N) is 2. The number of piperazine rings is 1. The van der Waals surface area contributed by atoms with Gasteiger partial charge < -0.3 is 35.0 Å². The van der Waals surface area contributed by atoms with Gasteiger partial charge >= 0.3 is 12.1 Å². The fourth-order valence-electron chi connectivity index (χ4n) is 4.28. The summed E-state index contributed by atoms with van der Waals surface area (Å²) in [5.41, 5.74) is 0.582. The number of carbonyl (C=O) groups excluding carboxylic acids is 4. The Bertz CT molecular complexity index is 1610. The lowest BCUT2D eigenvalue weighted by molar-refractivity contribution is -0.136. The molecule has 1 saturated heterocycles. The molecule has 12 nitrogen and oxygen atoms in total. The summed E-state index contributed by atoms with van der Waals surface area (Å²) in [6, 6.07) is 11.0. The van der Waals surface area contributed by atoms with Crippen molar-refractivity contribution in [3.8, 4) is 5.75 Å². The number of hydrogen-bond acceptors (Lipinski definition) is 10. The number of phenols is 1. The van der Waals surface area contributed by atoms with Gasteiger partial charge in [0.05, 0.1) is 17.6 Å². The molecule has 1 fully saturated rings. The Labute approximate surface area is 273 Å². The molecule has 45 heavy (non-hydrogen) atoms. The summed E-state index contributed by atoms with van der Waals surface area (Å²) >= 11 is 4.68. The number of thiazole rings is 1. The van der Waals surface area contributed by atoms with Gasteiger partial charge in [-0.15, -0.1) is 0 Å². The molecule has 0 saturated carbocycles. The molecule has 1 aliphatic heterocycles. The lowest BCUT2D eigenvalue weighted by Gasteiger charge is -2.35. The monoisotopic (exact) mass is 699 g/mol. The van der Waals surface area contributed by atoms with Crippen LogP contribution in [0.4, 0.5) is 9.93 Å². The van der Waals surface area contributed by atoms with Crippen molar-refractivity contribution >= 4 is 62.4 Å². The lowest BCUT2D eigenvalue weighted by Crippen LogP contribution is -2.50. The second-order valence-corrected chi connectivity index (χ2v) is 12.9. The third-order valence-corrected chi connectivity index (χ3v) is 8.15. The van der Waals surface area contributed by atoms with Gasteiger partial charge in [-0.3, -0.25) is 9.59 Å². The van der Waals surface area contributed by atoms with Crippen molar-refractivity contribution in [3.63, 3.8) is 0 Å². The van der Waals surface area contributed by atoms with Crippen LogP contribution in [0.15, 0.2) is 58.8 Å². The Hall–Kier alpha value is -4.43. The molecule has 1 aliphatic rings. The van der Waals surface area contributed by atoms with Crippen molar-refractivity contribution in [2.45, 2.75) is 32.9 Å². The molecule has 3 aromatic rings. The normalized spacial score (nSPS) is 13.7. The smallest absolute Gasteiger partial charge is 0.410 e. The van der Waals surface area contributed by atoms with Crippen molar-refractivity contribution < 1.29 is 33.8 Å². The van der Waals surface area contributed by atoms with Gasteiger partial charge in [-0.25, -0.2) is 14.6 Å². The average molecular weight is 701 g/mol. The topological polar surface area (TPSA) is 150 Å². The van der Waals surface area contributed by atoms with Crippen LogP contribution in [0.5, 0.6) is 5.75 Å². The molecule has 2 heterocycles. The van der Waals surface area contributed by atoms with Crippen LogP contribution in [0.1, 0.15) is 51.9 Å². The van der Waals surface area contributed by atoms with Gasteiger partial charge in [0, 0.05) is 49.0 Å². The summed E-state index contributed by atoms with van der Waals surface area (Å²) < 4.78 is 10.7. The van der Waals surface area contributed by atoms with Crippen molar-refractivity contribution in [3.05, 3.63) is 80.4 Å². The first-order valence-electron chi connectivity index (χ1n) is 14.0. The van der Waals surface area contributed by atoms with Crippen molar-refractivity contribution in [2.24, 2.45) is 0 Å². The van der Waals surface area contributed by atoms with Crippen LogP contribution in [0.2, 0.25) is 0 Å². The number of aromatic nitrogens is 1. The first-order valence-corrected chi connectivity index (χ1v) is 15.6. The molecule has 2 aromatic carbocycles. The molecule has 0 bridgehead atoms. The molecule has 238 valence electrons. The lowest BCUT2D eigenvalue weighted by atomic mass is 10.1. The quantitative estimate of drug-likeness (QED) is 0.227. The standard InChI is InChI=1S/C31H34BrN5O7S/c1-31(2,3)44-30(42)37-12-10-36(11-13-37)29-34-18-22(45-29)16-25(28(41)43-4)35-27(40)23-9-8-20(15-24(23)32)26(39)33-17-19-6-5-7-21(38)14-19/h5-9,14-16,18,38H,10-13,17H2,1-4H3,(H,33,39)(H,35,40)/b25-16-. The van der Waals surface area contributed by atoms with Crippen molar-refractivity contribution in [1.29, 1.82) is 0 Å². The number of rotatable bonds is 8. The third kappa shape index (κ3) is 9.28. The van der Waals surface area contributed by atoms with E-state index in [2.05, 4.69) is 31.5 Å². The second-order valence-electron chi connectivity index (χ2n) is 11.1. The summed E-state index contributed by atoms with van der Waals surface area (Å²) in [4.78, 5) is 59.5. The summed E-state index contributed by atoms with van der Waals surface area (Å²) in [6.45, 7) is 7.79. The molecule has 0 aliphatic carbocycles. The van der Waals surface area contributed by atoms with E-state index >= 15 is 0 Å². The minimum atomic E-state index is -0.747. The number of ether oxygens (including phenoxy) is 2. The minimum absolute atomic E-state index is 0.0905. The number of amides is 3. The van der Waals surface area contributed by atoms with Gasteiger partial charge in [0.25, 0.3) is 11.8 Å². The SMILES string of the molecule is COC(=O)/C(=C/c1cnc(N2CCN(C(=O)OC(C)(C)C)CC2)s1)NC(=O)c1ccc(C(=O)NCc2cccc(O)c2)cc1Br. The highest BCUT2D eigenvalue weighted by Gasteiger charge is 2.27. The average Bonchev–Trinajstić information content (AvgIpc) is 3.46. The van der Waals surface area contributed by atoms with Gasteiger partial charge in [-0.2, -0.15) is 0 Å². The third-order valence-electron chi connectivity index (χ3n) is 6.49. The van der Waals surface area contributed by atoms with Gasteiger partial charge in [0.2, 0.25) is 0 Å². The Morgan fingerprint density at radius 3 is 2.44 bits per heavy atom. The number of halogens is 1. The summed E-state index contributed by atoms with van der Waals surface area (Å²) in [6.07, 6.45) is 2.73. The van der Waals surface area contributed by atoms with Crippen LogP contribution in [0, 0.1) is 0 Å². The highest BCUT2D eigenvalue weighted by molar-refractivity contribution is 9.10. The molecular weight excluding hydrogens is 666 g/mol. The molecule has 0 atom stereocenters. The van der Waals surface area contributed by atoms with Crippen molar-refractivity contribution in [1.82, 2.24) is 20.5 Å². The number of methoxy groups -OCH3 is 1. The maximum absolute atomic E-state index is 13.2. The predicted octanol–water partition coefficient (Wildman–Crippen LogP) is 4.54. The molecule has 3 amide bonds. The van der Waals surface area contributed by atoms with E-state index in [9.17, 15) is 24.3 Å². The maximum atomic E-state index is 13.2. The van der Waals surface area contributed by atoms with Crippen LogP contribution in [-0.2, 0) is 20.8 Å². The maximum Gasteiger partial charge on any atom is 0.410 e.